The van der Waals surface area contributed by atoms with Gasteiger partial charge in [-0.05, 0) is 42.3 Å². The highest BCUT2D eigenvalue weighted by atomic mass is 19.4. The molecule has 0 saturated carbocycles. The molecule has 2 aromatic carbocycles. The molecule has 0 saturated heterocycles. The molecule has 0 aliphatic heterocycles. The third-order valence-electron chi connectivity index (χ3n) is 5.44. The summed E-state index contributed by atoms with van der Waals surface area (Å²) >= 11 is 0. The molecule has 1 heterocycles. The number of alkyl halides is 6. The van der Waals surface area contributed by atoms with E-state index >= 15 is 0 Å². The first kappa shape index (κ1) is 28.6. The van der Waals surface area contributed by atoms with Crippen molar-refractivity contribution in [1.29, 1.82) is 0 Å². The maximum absolute atomic E-state index is 13.3. The van der Waals surface area contributed by atoms with Crippen molar-refractivity contribution >= 4 is 17.6 Å². The molecule has 12 heteroatoms. The number of halogens is 6. The maximum atomic E-state index is 13.3. The fourth-order valence-corrected chi connectivity index (χ4v) is 3.64. The van der Waals surface area contributed by atoms with E-state index in [1.807, 2.05) is 18.2 Å². The zero-order chi connectivity index (χ0) is 27.9. The van der Waals surface area contributed by atoms with Crippen LogP contribution in [-0.2, 0) is 30.2 Å². The van der Waals surface area contributed by atoms with Crippen LogP contribution in [0.15, 0.2) is 71.3 Å². The molecule has 0 aliphatic carbocycles. The zero-order valence-electron chi connectivity index (χ0n) is 20.3. The molecule has 3 aromatic rings. The van der Waals surface area contributed by atoms with Gasteiger partial charge in [0, 0.05) is 18.8 Å². The van der Waals surface area contributed by atoms with Crippen molar-refractivity contribution in [2.45, 2.75) is 38.8 Å². The van der Waals surface area contributed by atoms with Crippen LogP contribution in [0.1, 0.15) is 35.8 Å². The Balaban J connectivity index is 1.81. The number of hydrogen-bond donors (Lipinski definition) is 1. The van der Waals surface area contributed by atoms with Crippen LogP contribution in [-0.4, -0.2) is 34.8 Å². The lowest BCUT2D eigenvalue weighted by atomic mass is 10.1. The summed E-state index contributed by atoms with van der Waals surface area (Å²) in [6.45, 7) is 1.55. The molecule has 6 nitrogen and oxygen atoms in total. The van der Waals surface area contributed by atoms with Crippen LogP contribution in [0.5, 0.6) is 0 Å². The van der Waals surface area contributed by atoms with Crippen LogP contribution < -0.4 is 5.32 Å². The Bertz CT molecular complexity index is 1180. The normalized spacial score (nSPS) is 11.8. The molecule has 0 bridgehead atoms. The van der Waals surface area contributed by atoms with Crippen molar-refractivity contribution in [3.05, 3.63) is 89.4 Å². The highest BCUT2D eigenvalue weighted by Gasteiger charge is 2.37. The van der Waals surface area contributed by atoms with Crippen molar-refractivity contribution in [3.8, 4) is 0 Å². The summed E-state index contributed by atoms with van der Waals surface area (Å²) in [4.78, 5) is 28.7. The minimum atomic E-state index is -5.07. The van der Waals surface area contributed by atoms with Gasteiger partial charge in [0.1, 0.15) is 12.3 Å². The second-order valence-corrected chi connectivity index (χ2v) is 8.46. The van der Waals surface area contributed by atoms with Crippen LogP contribution >= 0.6 is 0 Å². The van der Waals surface area contributed by atoms with Gasteiger partial charge in [-0.1, -0.05) is 37.3 Å². The number of nitrogens with zero attached hydrogens (tertiary/aromatic N) is 2. The largest absolute Gasteiger partial charge is 0.467 e. The SMILES string of the molecule is CCCN(CC(=O)N(Cc1ccccc1)Cc1ccco1)C(=O)Nc1cc(C(F)(F)F)cc(C(F)(F)F)c1. The number of urea groups is 1. The van der Waals surface area contributed by atoms with Gasteiger partial charge >= 0.3 is 18.4 Å². The molecule has 0 fully saturated rings. The van der Waals surface area contributed by atoms with Crippen molar-refractivity contribution in [2.24, 2.45) is 0 Å². The Hall–Kier alpha value is -3.96. The highest BCUT2D eigenvalue weighted by molar-refractivity contribution is 5.92. The number of carbonyl (C=O) groups excluding carboxylic acids is 2. The molecule has 3 rings (SSSR count). The second-order valence-electron chi connectivity index (χ2n) is 8.46. The summed E-state index contributed by atoms with van der Waals surface area (Å²) in [6, 6.07) is 12.1. The van der Waals surface area contributed by atoms with Crippen molar-refractivity contribution in [3.63, 3.8) is 0 Å². The summed E-state index contributed by atoms with van der Waals surface area (Å²) in [5.41, 5.74) is -3.01. The Labute approximate surface area is 214 Å². The molecule has 38 heavy (non-hydrogen) atoms. The van der Waals surface area contributed by atoms with E-state index in [1.165, 1.54) is 11.2 Å². The lowest BCUT2D eigenvalue weighted by molar-refractivity contribution is -0.143. The molecular weight excluding hydrogens is 516 g/mol. The van der Waals surface area contributed by atoms with Crippen molar-refractivity contribution in [1.82, 2.24) is 9.80 Å². The van der Waals surface area contributed by atoms with Gasteiger partial charge in [-0.3, -0.25) is 4.79 Å². The van der Waals surface area contributed by atoms with E-state index in [9.17, 15) is 35.9 Å². The maximum Gasteiger partial charge on any atom is 0.416 e. The quantitative estimate of drug-likeness (QED) is 0.304. The summed E-state index contributed by atoms with van der Waals surface area (Å²) in [6.07, 6.45) is -8.30. The smallest absolute Gasteiger partial charge is 0.416 e. The van der Waals surface area contributed by atoms with E-state index in [0.29, 0.717) is 24.3 Å². The van der Waals surface area contributed by atoms with Gasteiger partial charge in [0.2, 0.25) is 5.91 Å². The molecule has 204 valence electrons. The summed E-state index contributed by atoms with van der Waals surface area (Å²) in [5, 5.41) is 2.09. The number of amides is 3. The minimum absolute atomic E-state index is 0.0287. The van der Waals surface area contributed by atoms with Crippen molar-refractivity contribution < 1.29 is 40.3 Å². The van der Waals surface area contributed by atoms with Crippen LogP contribution in [0.3, 0.4) is 0 Å². The first-order chi connectivity index (χ1) is 17.9. The second kappa shape index (κ2) is 12.1. The molecule has 1 N–H and O–H groups in total. The Morgan fingerprint density at radius 2 is 1.47 bits per heavy atom. The highest BCUT2D eigenvalue weighted by Crippen LogP contribution is 2.37. The van der Waals surface area contributed by atoms with Gasteiger partial charge < -0.3 is 19.5 Å². The fourth-order valence-electron chi connectivity index (χ4n) is 3.64. The van der Waals surface area contributed by atoms with Crippen LogP contribution in [0.2, 0.25) is 0 Å². The molecular formula is C26H25F6N3O3. The van der Waals surface area contributed by atoms with Gasteiger partial charge in [0.05, 0.1) is 23.9 Å². The van der Waals surface area contributed by atoms with E-state index in [4.69, 9.17) is 4.42 Å². The predicted molar refractivity (Wildman–Crippen MR) is 127 cm³/mol. The van der Waals surface area contributed by atoms with Gasteiger partial charge in [-0.2, -0.15) is 26.3 Å². The lowest BCUT2D eigenvalue weighted by Gasteiger charge is -2.27. The van der Waals surface area contributed by atoms with E-state index < -0.39 is 47.6 Å². The molecule has 0 aliphatic rings. The molecule has 3 amide bonds. The average Bonchev–Trinajstić information content (AvgIpc) is 3.36. The number of rotatable bonds is 9. The van der Waals surface area contributed by atoms with E-state index in [-0.39, 0.29) is 25.7 Å². The van der Waals surface area contributed by atoms with Gasteiger partial charge in [-0.15, -0.1) is 0 Å². The first-order valence-electron chi connectivity index (χ1n) is 11.6. The van der Waals surface area contributed by atoms with Crippen molar-refractivity contribution in [2.75, 3.05) is 18.4 Å². The van der Waals surface area contributed by atoms with Gasteiger partial charge in [0.15, 0.2) is 0 Å². The molecule has 0 radical (unpaired) electrons. The minimum Gasteiger partial charge on any atom is -0.467 e. The van der Waals surface area contributed by atoms with E-state index in [1.54, 1.807) is 31.2 Å². The summed E-state index contributed by atoms with van der Waals surface area (Å²) in [5.74, 6) is -0.00158. The third kappa shape index (κ3) is 8.02. The molecule has 0 atom stereocenters. The molecule has 0 spiro atoms. The number of nitrogens with one attached hydrogen (secondary N) is 1. The number of hydrogen-bond acceptors (Lipinski definition) is 3. The third-order valence-corrected chi connectivity index (χ3v) is 5.44. The molecule has 1 aromatic heterocycles. The summed E-state index contributed by atoms with van der Waals surface area (Å²) in [7, 11) is 0. The Morgan fingerprint density at radius 1 is 0.842 bits per heavy atom. The lowest BCUT2D eigenvalue weighted by Crippen LogP contribution is -2.44. The number of carbonyl (C=O) groups is 2. The standard InChI is InChI=1S/C26H25F6N3O3/c1-2-10-34(24(37)33-21-13-19(25(27,28)29)12-20(14-21)26(30,31)32)17-23(36)35(16-22-9-6-11-38-22)15-18-7-4-3-5-8-18/h3-9,11-14H,2,10,15-17H2,1H3,(H,33,37). The Morgan fingerprint density at radius 3 is 2.00 bits per heavy atom. The summed E-state index contributed by atoms with van der Waals surface area (Å²) < 4.78 is 84.5. The first-order valence-corrected chi connectivity index (χ1v) is 11.6. The topological polar surface area (TPSA) is 65.8 Å². The number of benzene rings is 2. The monoisotopic (exact) mass is 541 g/mol. The van der Waals surface area contributed by atoms with Crippen LogP contribution in [0.25, 0.3) is 0 Å². The fraction of sp³-hybridized carbons (Fsp3) is 0.308. The van der Waals surface area contributed by atoms with Crippen LogP contribution in [0.4, 0.5) is 36.8 Å². The van der Waals surface area contributed by atoms with E-state index in [2.05, 4.69) is 5.32 Å². The van der Waals surface area contributed by atoms with Gasteiger partial charge in [-0.25, -0.2) is 4.79 Å². The predicted octanol–water partition coefficient (Wildman–Crippen LogP) is 6.79. The number of furan rings is 1. The van der Waals surface area contributed by atoms with Crippen LogP contribution in [0, 0.1) is 0 Å². The number of anilines is 1. The van der Waals surface area contributed by atoms with E-state index in [0.717, 1.165) is 10.5 Å². The Kier molecular flexibility index (Phi) is 9.08. The average molecular weight is 541 g/mol. The zero-order valence-corrected chi connectivity index (χ0v) is 20.3. The molecule has 0 unspecified atom stereocenters. The van der Waals surface area contributed by atoms with Gasteiger partial charge in [0.25, 0.3) is 0 Å².